The highest BCUT2D eigenvalue weighted by Gasteiger charge is 2.48. The summed E-state index contributed by atoms with van der Waals surface area (Å²) in [6.07, 6.45) is 2.27. The Morgan fingerprint density at radius 1 is 1.15 bits per heavy atom. The summed E-state index contributed by atoms with van der Waals surface area (Å²) in [4.78, 5) is 25.5. The van der Waals surface area contributed by atoms with E-state index < -0.39 is 5.60 Å². The van der Waals surface area contributed by atoms with Crippen LogP contribution in [-0.4, -0.2) is 51.2 Å². The minimum atomic E-state index is -0.632. The second-order valence-corrected chi connectivity index (χ2v) is 7.74. The van der Waals surface area contributed by atoms with Gasteiger partial charge in [-0.1, -0.05) is 30.3 Å². The van der Waals surface area contributed by atoms with Gasteiger partial charge in [0.05, 0.1) is 12.1 Å². The molecule has 2 aliphatic rings. The van der Waals surface area contributed by atoms with Gasteiger partial charge in [-0.25, -0.2) is 5.10 Å². The lowest BCUT2D eigenvalue weighted by Gasteiger charge is -2.25. The fourth-order valence-electron chi connectivity index (χ4n) is 4.59. The zero-order chi connectivity index (χ0) is 18.1. The molecule has 6 heteroatoms. The molecular weight excluding hydrogens is 330 g/mol. The maximum atomic E-state index is 12.3. The molecule has 1 saturated carbocycles. The average molecular weight is 353 g/mol. The molecule has 6 nitrogen and oxygen atoms in total. The predicted octanol–water partition coefficient (Wildman–Crippen LogP) is 1.27. The summed E-state index contributed by atoms with van der Waals surface area (Å²) < 4.78 is 0. The third-order valence-corrected chi connectivity index (χ3v) is 5.64. The number of carbonyl (C=O) groups is 1. The maximum absolute atomic E-state index is 12.3. The highest BCUT2D eigenvalue weighted by Crippen LogP contribution is 2.45. The van der Waals surface area contributed by atoms with Crippen LogP contribution in [0.4, 0.5) is 0 Å². The number of aliphatic hydroxyl groups is 1. The van der Waals surface area contributed by atoms with E-state index in [1.54, 1.807) is 0 Å². The molecule has 1 aromatic carbocycles. The van der Waals surface area contributed by atoms with E-state index in [2.05, 4.69) is 27.2 Å². The second-order valence-electron chi connectivity index (χ2n) is 7.74. The van der Waals surface area contributed by atoms with Crippen molar-refractivity contribution >= 4 is 5.78 Å². The molecule has 0 bridgehead atoms. The molecule has 0 radical (unpaired) electrons. The van der Waals surface area contributed by atoms with Gasteiger partial charge in [-0.05, 0) is 36.3 Å². The SMILES string of the molecule is O=C(CN1C[C@@H]2C[C@](O)(Cc3ccccc3)C[C@@H]2C1)c1ccc(=O)[nH]n1. The molecular formula is C20H23N3O3. The molecule has 1 aliphatic carbocycles. The van der Waals surface area contributed by atoms with Crippen molar-refractivity contribution in [2.24, 2.45) is 11.8 Å². The summed E-state index contributed by atoms with van der Waals surface area (Å²) in [6, 6.07) is 12.9. The van der Waals surface area contributed by atoms with Crippen LogP contribution < -0.4 is 5.56 Å². The van der Waals surface area contributed by atoms with Crippen LogP contribution in [0.3, 0.4) is 0 Å². The number of aromatic nitrogens is 2. The molecule has 2 fully saturated rings. The zero-order valence-corrected chi connectivity index (χ0v) is 14.6. The first-order valence-corrected chi connectivity index (χ1v) is 9.08. The third kappa shape index (κ3) is 3.61. The number of nitrogens with one attached hydrogen (secondary N) is 1. The molecule has 0 spiro atoms. The summed E-state index contributed by atoms with van der Waals surface area (Å²) in [5.74, 6) is 0.779. The number of benzene rings is 1. The van der Waals surface area contributed by atoms with E-state index in [4.69, 9.17) is 0 Å². The minimum Gasteiger partial charge on any atom is -0.390 e. The van der Waals surface area contributed by atoms with Crippen molar-refractivity contribution in [3.63, 3.8) is 0 Å². The van der Waals surface area contributed by atoms with E-state index >= 15 is 0 Å². The highest BCUT2D eigenvalue weighted by molar-refractivity contribution is 5.95. The molecule has 1 aliphatic heterocycles. The lowest BCUT2D eigenvalue weighted by molar-refractivity contribution is 0.0355. The lowest BCUT2D eigenvalue weighted by Crippen LogP contribution is -2.34. The molecule has 26 heavy (non-hydrogen) atoms. The van der Waals surface area contributed by atoms with Crippen LogP contribution in [0.2, 0.25) is 0 Å². The monoisotopic (exact) mass is 353 g/mol. The van der Waals surface area contributed by atoms with Crippen molar-refractivity contribution in [3.05, 3.63) is 64.1 Å². The third-order valence-electron chi connectivity index (χ3n) is 5.64. The van der Waals surface area contributed by atoms with Crippen molar-refractivity contribution in [1.29, 1.82) is 0 Å². The molecule has 0 amide bonds. The number of fused-ring (bicyclic) bond motifs is 1. The average Bonchev–Trinajstić information content (AvgIpc) is 3.10. The van der Waals surface area contributed by atoms with Crippen LogP contribution in [0, 0.1) is 11.8 Å². The molecule has 3 atom stereocenters. The van der Waals surface area contributed by atoms with Crippen molar-refractivity contribution < 1.29 is 9.90 Å². The Labute approximate surface area is 151 Å². The summed E-state index contributed by atoms with van der Waals surface area (Å²) >= 11 is 0. The van der Waals surface area contributed by atoms with E-state index in [1.165, 1.54) is 17.7 Å². The van der Waals surface area contributed by atoms with Crippen LogP contribution in [0.25, 0.3) is 0 Å². The summed E-state index contributed by atoms with van der Waals surface area (Å²) in [5, 5.41) is 17.1. The Kier molecular flexibility index (Phi) is 4.46. The van der Waals surface area contributed by atoms with Gasteiger partial charge in [-0.15, -0.1) is 0 Å². The number of carbonyl (C=O) groups excluding carboxylic acids is 1. The number of H-pyrrole nitrogens is 1. The zero-order valence-electron chi connectivity index (χ0n) is 14.6. The number of Topliss-reactive ketones (excluding diaryl/α,β-unsaturated/α-hetero) is 1. The first-order valence-electron chi connectivity index (χ1n) is 9.08. The van der Waals surface area contributed by atoms with Crippen LogP contribution in [-0.2, 0) is 6.42 Å². The quantitative estimate of drug-likeness (QED) is 0.791. The van der Waals surface area contributed by atoms with Crippen LogP contribution in [0.5, 0.6) is 0 Å². The number of aromatic amines is 1. The number of rotatable bonds is 5. The fraction of sp³-hybridized carbons (Fsp3) is 0.450. The van der Waals surface area contributed by atoms with E-state index in [-0.39, 0.29) is 11.3 Å². The Hall–Kier alpha value is -2.31. The molecule has 136 valence electrons. The molecule has 2 N–H and O–H groups in total. The predicted molar refractivity (Wildman–Crippen MR) is 96.9 cm³/mol. The van der Waals surface area contributed by atoms with E-state index in [9.17, 15) is 14.7 Å². The summed E-state index contributed by atoms with van der Waals surface area (Å²) in [5.41, 5.74) is 0.524. The van der Waals surface area contributed by atoms with Crippen molar-refractivity contribution in [2.45, 2.75) is 24.9 Å². The van der Waals surface area contributed by atoms with Crippen molar-refractivity contribution in [2.75, 3.05) is 19.6 Å². The van der Waals surface area contributed by atoms with Gasteiger partial charge in [0.1, 0.15) is 5.69 Å². The second kappa shape index (κ2) is 6.78. The number of likely N-dealkylation sites (tertiary alicyclic amines) is 1. The van der Waals surface area contributed by atoms with Gasteiger partial charge in [0.2, 0.25) is 0 Å². The number of ketones is 1. The highest BCUT2D eigenvalue weighted by atomic mass is 16.3. The fourth-order valence-corrected chi connectivity index (χ4v) is 4.59. The van der Waals surface area contributed by atoms with Crippen molar-refractivity contribution in [3.8, 4) is 0 Å². The van der Waals surface area contributed by atoms with E-state index in [0.29, 0.717) is 30.5 Å². The molecule has 2 aromatic rings. The Bertz CT molecular complexity index is 814. The Morgan fingerprint density at radius 2 is 1.85 bits per heavy atom. The maximum Gasteiger partial charge on any atom is 0.264 e. The number of nitrogens with zero attached hydrogens (tertiary/aromatic N) is 2. The van der Waals surface area contributed by atoms with Gasteiger partial charge < -0.3 is 5.11 Å². The first-order chi connectivity index (χ1) is 12.5. The van der Waals surface area contributed by atoms with Gasteiger partial charge in [0.25, 0.3) is 5.56 Å². The van der Waals surface area contributed by atoms with E-state index in [0.717, 1.165) is 25.9 Å². The van der Waals surface area contributed by atoms with Gasteiger partial charge in [-0.3, -0.25) is 14.5 Å². The molecule has 0 unspecified atom stereocenters. The topological polar surface area (TPSA) is 86.3 Å². The van der Waals surface area contributed by atoms with Gasteiger partial charge >= 0.3 is 0 Å². The first kappa shape index (κ1) is 17.1. The van der Waals surface area contributed by atoms with Crippen LogP contribution >= 0.6 is 0 Å². The normalized spacial score (nSPS) is 28.2. The minimum absolute atomic E-state index is 0.0826. The Balaban J connectivity index is 1.34. The van der Waals surface area contributed by atoms with Gasteiger partial charge in [0.15, 0.2) is 5.78 Å². The van der Waals surface area contributed by atoms with Gasteiger partial charge in [-0.2, -0.15) is 5.10 Å². The standard InChI is InChI=1S/C20H23N3O3/c24-18(17-6-7-19(25)22-21-17)13-23-11-15-9-20(26,10-16(15)12-23)8-14-4-2-1-3-5-14/h1-7,15-16,26H,8-13H2,(H,22,25)/t15-,16+,20+. The number of hydrogen-bond acceptors (Lipinski definition) is 5. The van der Waals surface area contributed by atoms with Crippen LogP contribution in [0.15, 0.2) is 47.3 Å². The smallest absolute Gasteiger partial charge is 0.264 e. The van der Waals surface area contributed by atoms with Crippen molar-refractivity contribution in [1.82, 2.24) is 15.1 Å². The summed E-state index contributed by atoms with van der Waals surface area (Å²) in [7, 11) is 0. The molecule has 1 saturated heterocycles. The summed E-state index contributed by atoms with van der Waals surface area (Å²) in [6.45, 7) is 1.97. The molecule has 4 rings (SSSR count). The van der Waals surface area contributed by atoms with E-state index in [1.807, 2.05) is 18.2 Å². The Morgan fingerprint density at radius 3 is 2.46 bits per heavy atom. The lowest BCUT2D eigenvalue weighted by atomic mass is 9.91. The number of hydrogen-bond donors (Lipinski definition) is 2. The molecule has 2 heterocycles. The van der Waals surface area contributed by atoms with Gasteiger partial charge in [0, 0.05) is 25.6 Å². The molecule has 1 aromatic heterocycles. The van der Waals surface area contributed by atoms with Crippen LogP contribution in [0.1, 0.15) is 28.9 Å². The largest absolute Gasteiger partial charge is 0.390 e.